The topological polar surface area (TPSA) is 42.7 Å². The maximum atomic E-state index is 4.31. The van der Waals surface area contributed by atoms with Crippen LogP contribution in [0.15, 0.2) is 23.8 Å². The first kappa shape index (κ1) is 11.3. The van der Waals surface area contributed by atoms with Crippen molar-refractivity contribution in [2.75, 3.05) is 0 Å². The van der Waals surface area contributed by atoms with Crippen LogP contribution in [0.1, 0.15) is 24.5 Å². The molecule has 0 aliphatic carbocycles. The molecule has 0 bridgehead atoms. The first-order valence-electron chi connectivity index (χ1n) is 5.38. The normalized spacial score (nSPS) is 11.2. The predicted molar refractivity (Wildman–Crippen MR) is 65.4 cm³/mol. The van der Waals surface area contributed by atoms with Crippen LogP contribution in [-0.4, -0.2) is 20.8 Å². The Morgan fingerprint density at radius 1 is 1.44 bits per heavy atom. The highest BCUT2D eigenvalue weighted by Gasteiger charge is 2.05. The summed E-state index contributed by atoms with van der Waals surface area (Å²) in [6.07, 6.45) is 3.67. The summed E-state index contributed by atoms with van der Waals surface area (Å²) >= 11 is 1.66. The molecule has 2 aromatic heterocycles. The minimum atomic E-state index is 0.489. The smallest absolute Gasteiger partial charge is 0.114 e. The number of aromatic nitrogens is 3. The summed E-state index contributed by atoms with van der Waals surface area (Å²) in [5.74, 6) is 0. The van der Waals surface area contributed by atoms with E-state index < -0.39 is 0 Å². The summed E-state index contributed by atoms with van der Waals surface area (Å²) in [6, 6.07) is 2.53. The highest BCUT2D eigenvalue weighted by atomic mass is 32.1. The molecule has 0 spiro atoms. The van der Waals surface area contributed by atoms with Crippen molar-refractivity contribution in [2.24, 2.45) is 0 Å². The average molecular weight is 236 g/mol. The molecule has 0 saturated carbocycles. The fourth-order valence-corrected chi connectivity index (χ4v) is 2.02. The average Bonchev–Trinajstić information content (AvgIpc) is 2.87. The van der Waals surface area contributed by atoms with Crippen molar-refractivity contribution in [3.8, 4) is 0 Å². The Bertz CT molecular complexity index is 419. The minimum absolute atomic E-state index is 0.489. The van der Waals surface area contributed by atoms with E-state index in [0.29, 0.717) is 6.04 Å². The van der Waals surface area contributed by atoms with Gasteiger partial charge in [0.2, 0.25) is 0 Å². The number of nitrogens with one attached hydrogen (secondary N) is 1. The molecular formula is C11H16N4S. The quantitative estimate of drug-likeness (QED) is 0.862. The summed E-state index contributed by atoms with van der Waals surface area (Å²) < 4.78 is 1.99. The van der Waals surface area contributed by atoms with Crippen LogP contribution in [0.2, 0.25) is 0 Å². The molecule has 0 radical (unpaired) electrons. The van der Waals surface area contributed by atoms with Gasteiger partial charge in [0.05, 0.1) is 12.2 Å². The van der Waals surface area contributed by atoms with Gasteiger partial charge in [-0.2, -0.15) is 5.10 Å². The maximum absolute atomic E-state index is 4.31. The van der Waals surface area contributed by atoms with Crippen molar-refractivity contribution in [1.82, 2.24) is 20.1 Å². The summed E-state index contributed by atoms with van der Waals surface area (Å²) in [4.78, 5) is 4.26. The lowest BCUT2D eigenvalue weighted by atomic mass is 10.3. The van der Waals surface area contributed by atoms with E-state index in [1.807, 2.05) is 28.5 Å². The summed E-state index contributed by atoms with van der Waals surface area (Å²) in [7, 11) is 0. The second kappa shape index (κ2) is 5.23. The largest absolute Gasteiger partial charge is 0.309 e. The van der Waals surface area contributed by atoms with Gasteiger partial charge in [-0.05, 0) is 6.07 Å². The number of hydrogen-bond acceptors (Lipinski definition) is 4. The van der Waals surface area contributed by atoms with E-state index in [1.54, 1.807) is 11.3 Å². The molecule has 86 valence electrons. The van der Waals surface area contributed by atoms with Gasteiger partial charge < -0.3 is 5.32 Å². The van der Waals surface area contributed by atoms with Crippen molar-refractivity contribution >= 4 is 11.3 Å². The molecule has 0 fully saturated rings. The van der Waals surface area contributed by atoms with E-state index in [4.69, 9.17) is 0 Å². The van der Waals surface area contributed by atoms with E-state index in [9.17, 15) is 0 Å². The van der Waals surface area contributed by atoms with Crippen LogP contribution >= 0.6 is 11.3 Å². The van der Waals surface area contributed by atoms with E-state index in [0.717, 1.165) is 18.1 Å². The van der Waals surface area contributed by atoms with Gasteiger partial charge in [-0.1, -0.05) is 13.8 Å². The van der Waals surface area contributed by atoms with E-state index in [2.05, 4.69) is 29.2 Å². The van der Waals surface area contributed by atoms with E-state index >= 15 is 0 Å². The molecule has 0 aliphatic rings. The standard InChI is InChI=1S/C11H16N4S/c1-9(2)13-7-10-3-4-14-15(10)8-11-12-5-6-16-11/h3-6,9,13H,7-8H2,1-2H3. The van der Waals surface area contributed by atoms with Crippen molar-refractivity contribution in [2.45, 2.75) is 33.0 Å². The number of nitrogens with zero attached hydrogens (tertiary/aromatic N) is 3. The molecule has 4 nitrogen and oxygen atoms in total. The van der Waals surface area contributed by atoms with Gasteiger partial charge in [0.15, 0.2) is 0 Å². The molecule has 16 heavy (non-hydrogen) atoms. The Balaban J connectivity index is 2.01. The van der Waals surface area contributed by atoms with Crippen LogP contribution in [0.4, 0.5) is 0 Å². The molecule has 0 aromatic carbocycles. The highest BCUT2D eigenvalue weighted by molar-refractivity contribution is 7.09. The van der Waals surface area contributed by atoms with E-state index in [1.165, 1.54) is 5.69 Å². The molecule has 2 heterocycles. The molecule has 0 saturated heterocycles. The highest BCUT2D eigenvalue weighted by Crippen LogP contribution is 2.08. The van der Waals surface area contributed by atoms with Gasteiger partial charge in [0, 0.05) is 30.4 Å². The van der Waals surface area contributed by atoms with Gasteiger partial charge in [0.1, 0.15) is 5.01 Å². The van der Waals surface area contributed by atoms with Crippen molar-refractivity contribution in [3.05, 3.63) is 34.5 Å². The van der Waals surface area contributed by atoms with Gasteiger partial charge in [-0.25, -0.2) is 4.98 Å². The van der Waals surface area contributed by atoms with Crippen molar-refractivity contribution in [3.63, 3.8) is 0 Å². The molecular weight excluding hydrogens is 220 g/mol. The summed E-state index contributed by atoms with van der Waals surface area (Å²) in [5.41, 5.74) is 1.20. The molecule has 5 heteroatoms. The van der Waals surface area contributed by atoms with Crippen LogP contribution < -0.4 is 5.32 Å². The zero-order chi connectivity index (χ0) is 11.4. The maximum Gasteiger partial charge on any atom is 0.114 e. The Kier molecular flexibility index (Phi) is 3.69. The Morgan fingerprint density at radius 3 is 3.00 bits per heavy atom. The zero-order valence-electron chi connectivity index (χ0n) is 9.55. The van der Waals surface area contributed by atoms with Gasteiger partial charge >= 0.3 is 0 Å². The van der Waals surface area contributed by atoms with Crippen LogP contribution in [0, 0.1) is 0 Å². The van der Waals surface area contributed by atoms with Crippen molar-refractivity contribution < 1.29 is 0 Å². The monoisotopic (exact) mass is 236 g/mol. The molecule has 1 N–H and O–H groups in total. The lowest BCUT2D eigenvalue weighted by Gasteiger charge is -2.09. The van der Waals surface area contributed by atoms with E-state index in [-0.39, 0.29) is 0 Å². The third-order valence-corrected chi connectivity index (χ3v) is 3.03. The molecule has 0 amide bonds. The first-order chi connectivity index (χ1) is 7.75. The Labute approximate surface area is 99.3 Å². The van der Waals surface area contributed by atoms with Crippen LogP contribution in [0.3, 0.4) is 0 Å². The molecule has 2 rings (SSSR count). The Hall–Kier alpha value is -1.20. The number of hydrogen-bond donors (Lipinski definition) is 1. The number of rotatable bonds is 5. The molecule has 0 aliphatic heterocycles. The Morgan fingerprint density at radius 2 is 2.31 bits per heavy atom. The second-order valence-electron chi connectivity index (χ2n) is 3.94. The number of thiazole rings is 1. The predicted octanol–water partition coefficient (Wildman–Crippen LogP) is 1.89. The molecule has 2 aromatic rings. The minimum Gasteiger partial charge on any atom is -0.309 e. The molecule has 0 atom stereocenters. The van der Waals surface area contributed by atoms with Crippen LogP contribution in [0.5, 0.6) is 0 Å². The van der Waals surface area contributed by atoms with Gasteiger partial charge in [-0.15, -0.1) is 11.3 Å². The first-order valence-corrected chi connectivity index (χ1v) is 6.26. The lowest BCUT2D eigenvalue weighted by molar-refractivity contribution is 0.546. The fraction of sp³-hybridized carbons (Fsp3) is 0.455. The van der Waals surface area contributed by atoms with Crippen LogP contribution in [0.25, 0.3) is 0 Å². The SMILES string of the molecule is CC(C)NCc1ccnn1Cc1nccs1. The third kappa shape index (κ3) is 2.90. The van der Waals surface area contributed by atoms with Crippen LogP contribution in [-0.2, 0) is 13.1 Å². The van der Waals surface area contributed by atoms with Gasteiger partial charge in [-0.3, -0.25) is 4.68 Å². The van der Waals surface area contributed by atoms with Crippen molar-refractivity contribution in [1.29, 1.82) is 0 Å². The summed E-state index contributed by atoms with van der Waals surface area (Å²) in [6.45, 7) is 5.89. The zero-order valence-corrected chi connectivity index (χ0v) is 10.4. The second-order valence-corrected chi connectivity index (χ2v) is 4.92. The third-order valence-electron chi connectivity index (χ3n) is 2.26. The lowest BCUT2D eigenvalue weighted by Crippen LogP contribution is -2.23. The fourth-order valence-electron chi connectivity index (χ4n) is 1.42. The summed E-state index contributed by atoms with van der Waals surface area (Å²) in [5, 5.41) is 10.8. The molecule has 0 unspecified atom stereocenters. The van der Waals surface area contributed by atoms with Gasteiger partial charge in [0.25, 0.3) is 0 Å².